The molecule has 2 rings (SSSR count). The number of halogens is 1. The fraction of sp³-hybridized carbons (Fsp3) is 0.471. The predicted octanol–water partition coefficient (Wildman–Crippen LogP) is 1.67. The minimum absolute atomic E-state index is 0.102. The van der Waals surface area contributed by atoms with Crippen molar-refractivity contribution >= 4 is 40.5 Å². The molecule has 0 aromatic heterocycles. The van der Waals surface area contributed by atoms with Crippen molar-refractivity contribution in [3.05, 3.63) is 35.9 Å². The normalized spacial score (nSPS) is 20.7. The molecule has 3 amide bonds. The Balaban J connectivity index is 2.13. The van der Waals surface area contributed by atoms with Crippen LogP contribution in [-0.2, 0) is 14.3 Å². The minimum atomic E-state index is -0.945. The van der Waals surface area contributed by atoms with Gasteiger partial charge < -0.3 is 20.7 Å². The first-order valence-corrected chi connectivity index (χ1v) is 9.45. The van der Waals surface area contributed by atoms with Gasteiger partial charge in [0.25, 0.3) is 0 Å². The number of ether oxygens (including phenoxy) is 1. The van der Waals surface area contributed by atoms with E-state index >= 15 is 0 Å². The van der Waals surface area contributed by atoms with E-state index in [2.05, 4.69) is 38.5 Å². The summed E-state index contributed by atoms with van der Waals surface area (Å²) in [7, 11) is 0. The second-order valence-electron chi connectivity index (χ2n) is 6.75. The Morgan fingerprint density at radius 1 is 1.28 bits per heavy atom. The molecule has 1 fully saturated rings. The Bertz CT molecular complexity index is 645. The molecule has 0 spiro atoms. The third-order valence-electron chi connectivity index (χ3n) is 3.53. The van der Waals surface area contributed by atoms with Crippen molar-refractivity contribution in [1.29, 1.82) is 0 Å². The molecule has 0 bridgehead atoms. The average molecular weight is 459 g/mol. The molecule has 136 valence electrons. The van der Waals surface area contributed by atoms with Crippen molar-refractivity contribution < 1.29 is 19.1 Å². The van der Waals surface area contributed by atoms with E-state index in [1.54, 1.807) is 45.0 Å². The van der Waals surface area contributed by atoms with E-state index in [-0.39, 0.29) is 11.9 Å². The number of nitrogens with one attached hydrogen (secondary N) is 3. The second kappa shape index (κ2) is 8.03. The molecule has 1 aromatic carbocycles. The summed E-state index contributed by atoms with van der Waals surface area (Å²) in [6.07, 6.45) is -0.694. The number of rotatable bonds is 5. The first-order chi connectivity index (χ1) is 11.7. The van der Waals surface area contributed by atoms with E-state index in [1.165, 1.54) is 0 Å². The molecular weight excluding hydrogens is 437 g/mol. The van der Waals surface area contributed by atoms with Gasteiger partial charge >= 0.3 is 6.09 Å². The summed E-state index contributed by atoms with van der Waals surface area (Å²) >= 11 is 2.14. The van der Waals surface area contributed by atoms with Gasteiger partial charge in [-0.15, -0.1) is 0 Å². The third kappa shape index (κ3) is 5.32. The zero-order valence-corrected chi connectivity index (χ0v) is 16.5. The van der Waals surface area contributed by atoms with Crippen molar-refractivity contribution in [3.8, 4) is 0 Å². The van der Waals surface area contributed by atoms with Gasteiger partial charge in [0.05, 0.1) is 6.04 Å². The maximum Gasteiger partial charge on any atom is 0.408 e. The highest BCUT2D eigenvalue weighted by Gasteiger charge is 2.41. The standard InChI is InChI=1S/C17H22IN3O4/c1-17(2,3)25-16(24)21-12(10-7-5-4-6-8-10)14(22)20-13-11(9-18)19-15(13)23/h4-8,11-13H,9H2,1-3H3,(H,19,23)(H,20,22)(H,21,24)/t11-,12?,13+/m0/s1. The zero-order chi connectivity index (χ0) is 18.6. The molecule has 1 aromatic rings. The Morgan fingerprint density at radius 2 is 1.92 bits per heavy atom. The molecule has 0 saturated carbocycles. The number of hydrogen-bond acceptors (Lipinski definition) is 4. The van der Waals surface area contributed by atoms with Crippen LogP contribution in [0.25, 0.3) is 0 Å². The Morgan fingerprint density at radius 3 is 2.44 bits per heavy atom. The van der Waals surface area contributed by atoms with E-state index < -0.39 is 29.7 Å². The molecule has 1 aliphatic heterocycles. The molecule has 0 aliphatic carbocycles. The number of benzene rings is 1. The van der Waals surface area contributed by atoms with Crippen LogP contribution >= 0.6 is 22.6 Å². The lowest BCUT2D eigenvalue weighted by molar-refractivity contribution is -0.136. The van der Waals surface area contributed by atoms with Gasteiger partial charge in [-0.1, -0.05) is 52.9 Å². The highest BCUT2D eigenvalue weighted by molar-refractivity contribution is 14.1. The lowest BCUT2D eigenvalue weighted by Gasteiger charge is -2.36. The Hall–Kier alpha value is -1.84. The number of β-lactam (4-membered cyclic amide) rings is 1. The van der Waals surface area contributed by atoms with Crippen LogP contribution in [0, 0.1) is 0 Å². The summed E-state index contributed by atoms with van der Waals surface area (Å²) in [4.78, 5) is 36.5. The van der Waals surface area contributed by atoms with Crippen LogP contribution in [0.4, 0.5) is 4.79 Å². The number of alkyl carbamates (subject to hydrolysis) is 1. The highest BCUT2D eigenvalue weighted by Crippen LogP contribution is 2.17. The minimum Gasteiger partial charge on any atom is -0.444 e. The summed E-state index contributed by atoms with van der Waals surface area (Å²) < 4.78 is 5.92. The van der Waals surface area contributed by atoms with Gasteiger partial charge in [0.2, 0.25) is 11.8 Å². The maximum atomic E-state index is 12.7. The molecule has 1 aliphatic rings. The van der Waals surface area contributed by atoms with Crippen molar-refractivity contribution in [2.75, 3.05) is 4.43 Å². The smallest absolute Gasteiger partial charge is 0.408 e. The third-order valence-corrected chi connectivity index (χ3v) is 4.48. The molecule has 3 atom stereocenters. The quantitative estimate of drug-likeness (QED) is 0.355. The molecule has 1 unspecified atom stereocenters. The van der Waals surface area contributed by atoms with Gasteiger partial charge in [0.1, 0.15) is 17.7 Å². The fourth-order valence-corrected chi connectivity index (χ4v) is 3.07. The van der Waals surface area contributed by atoms with Crippen LogP contribution in [0.3, 0.4) is 0 Å². The number of alkyl halides is 1. The Kier molecular flexibility index (Phi) is 6.26. The van der Waals surface area contributed by atoms with Crippen LogP contribution in [0.2, 0.25) is 0 Å². The number of hydrogen-bond donors (Lipinski definition) is 3. The first kappa shape index (κ1) is 19.5. The van der Waals surface area contributed by atoms with Crippen LogP contribution in [-0.4, -0.2) is 40.0 Å². The van der Waals surface area contributed by atoms with Gasteiger partial charge in [-0.3, -0.25) is 9.59 Å². The summed E-state index contributed by atoms with van der Waals surface area (Å²) in [5.74, 6) is -0.675. The summed E-state index contributed by atoms with van der Waals surface area (Å²) in [6, 6.07) is 7.20. The van der Waals surface area contributed by atoms with E-state index in [4.69, 9.17) is 4.74 Å². The Labute approximate surface area is 160 Å². The highest BCUT2D eigenvalue weighted by atomic mass is 127. The van der Waals surface area contributed by atoms with Crippen molar-refractivity contribution in [2.24, 2.45) is 0 Å². The SMILES string of the molecule is CC(C)(C)OC(=O)NC(C(=O)N[C@H]1C(=O)N[C@H]1CI)c1ccccc1. The lowest BCUT2D eigenvalue weighted by atomic mass is 9.99. The summed E-state index contributed by atoms with van der Waals surface area (Å²) in [6.45, 7) is 5.23. The molecule has 25 heavy (non-hydrogen) atoms. The van der Waals surface area contributed by atoms with Gasteiger partial charge in [-0.05, 0) is 26.3 Å². The van der Waals surface area contributed by atoms with E-state index in [9.17, 15) is 14.4 Å². The maximum absolute atomic E-state index is 12.7. The van der Waals surface area contributed by atoms with Crippen LogP contribution in [0.15, 0.2) is 30.3 Å². The van der Waals surface area contributed by atoms with E-state index in [0.717, 1.165) is 0 Å². The van der Waals surface area contributed by atoms with Crippen molar-refractivity contribution in [1.82, 2.24) is 16.0 Å². The fourth-order valence-electron chi connectivity index (χ4n) is 2.34. The van der Waals surface area contributed by atoms with Crippen LogP contribution in [0.1, 0.15) is 32.4 Å². The van der Waals surface area contributed by atoms with Gasteiger partial charge in [-0.25, -0.2) is 4.79 Å². The molecule has 3 N–H and O–H groups in total. The molecule has 0 radical (unpaired) electrons. The largest absolute Gasteiger partial charge is 0.444 e. The van der Waals surface area contributed by atoms with Gasteiger partial charge in [0, 0.05) is 4.43 Å². The molecule has 1 saturated heterocycles. The monoisotopic (exact) mass is 459 g/mol. The average Bonchev–Trinajstić information content (AvgIpc) is 2.54. The summed E-state index contributed by atoms with van der Waals surface area (Å²) in [5, 5.41) is 8.02. The van der Waals surface area contributed by atoms with Gasteiger partial charge in [-0.2, -0.15) is 0 Å². The molecule has 1 heterocycles. The summed E-state index contributed by atoms with van der Waals surface area (Å²) in [5.41, 5.74) is -0.0706. The first-order valence-electron chi connectivity index (χ1n) is 7.92. The lowest BCUT2D eigenvalue weighted by Crippen LogP contribution is -2.70. The van der Waals surface area contributed by atoms with Crippen LogP contribution < -0.4 is 16.0 Å². The van der Waals surface area contributed by atoms with Crippen molar-refractivity contribution in [3.63, 3.8) is 0 Å². The topological polar surface area (TPSA) is 96.5 Å². The van der Waals surface area contributed by atoms with Gasteiger partial charge in [0.15, 0.2) is 0 Å². The number of amides is 3. The molecule has 7 nitrogen and oxygen atoms in total. The van der Waals surface area contributed by atoms with E-state index in [0.29, 0.717) is 9.99 Å². The van der Waals surface area contributed by atoms with Crippen molar-refractivity contribution in [2.45, 2.75) is 44.5 Å². The predicted molar refractivity (Wildman–Crippen MR) is 101 cm³/mol. The van der Waals surface area contributed by atoms with Crippen LogP contribution in [0.5, 0.6) is 0 Å². The number of carbonyl (C=O) groups is 3. The van der Waals surface area contributed by atoms with E-state index in [1.807, 2.05) is 6.07 Å². The second-order valence-corrected chi connectivity index (χ2v) is 7.63. The molecular formula is C17H22IN3O4. The number of carbonyl (C=O) groups excluding carboxylic acids is 3. The zero-order valence-electron chi connectivity index (χ0n) is 14.3. The molecule has 8 heteroatoms.